The Morgan fingerprint density at radius 1 is 1.11 bits per heavy atom. The van der Waals surface area contributed by atoms with Gasteiger partial charge in [-0.05, 0) is 37.1 Å². The van der Waals surface area contributed by atoms with E-state index >= 15 is 0 Å². The number of amides is 2. The number of anilines is 1. The Kier molecular flexibility index (Phi) is 6.48. The fraction of sp³-hybridized carbons (Fsp3) is 0.368. The Bertz CT molecular complexity index is 935. The average Bonchev–Trinajstić information content (AvgIpc) is 3.35. The highest BCUT2D eigenvalue weighted by Crippen LogP contribution is 2.27. The van der Waals surface area contributed by atoms with Crippen LogP contribution in [0.1, 0.15) is 17.7 Å². The standard InChI is InChI=1S/C19H23N3O4S2/c1-21(14-17(23)20-15-7-3-2-4-8-15)18(24)13-16-9-10-19(27-16)28(25,26)22-11-5-6-12-22/h2-4,7-10H,5-6,11-14H2,1H3,(H,20,23). The lowest BCUT2D eigenvalue weighted by molar-refractivity contribution is -0.132. The number of nitrogens with zero attached hydrogens (tertiary/aromatic N) is 2. The lowest BCUT2D eigenvalue weighted by Gasteiger charge is -2.16. The summed E-state index contributed by atoms with van der Waals surface area (Å²) in [5, 5.41) is 2.73. The first-order valence-electron chi connectivity index (χ1n) is 9.04. The minimum absolute atomic E-state index is 0.0648. The van der Waals surface area contributed by atoms with Gasteiger partial charge in [-0.3, -0.25) is 9.59 Å². The molecule has 2 heterocycles. The third-order valence-corrected chi connectivity index (χ3v) is 7.94. The summed E-state index contributed by atoms with van der Waals surface area (Å²) in [6.07, 6.45) is 1.83. The molecule has 7 nitrogen and oxygen atoms in total. The van der Waals surface area contributed by atoms with Gasteiger partial charge >= 0.3 is 0 Å². The number of hydrogen-bond donors (Lipinski definition) is 1. The van der Waals surface area contributed by atoms with Crippen LogP contribution < -0.4 is 5.32 Å². The number of benzene rings is 1. The van der Waals surface area contributed by atoms with E-state index in [2.05, 4.69) is 5.32 Å². The van der Waals surface area contributed by atoms with Crippen LogP contribution in [0.5, 0.6) is 0 Å². The number of para-hydroxylation sites is 1. The van der Waals surface area contributed by atoms with Gasteiger partial charge in [-0.15, -0.1) is 11.3 Å². The minimum atomic E-state index is -3.46. The maximum atomic E-state index is 12.6. The highest BCUT2D eigenvalue weighted by Gasteiger charge is 2.28. The summed E-state index contributed by atoms with van der Waals surface area (Å²) in [6, 6.07) is 12.3. The first-order valence-corrected chi connectivity index (χ1v) is 11.3. The number of sulfonamides is 1. The van der Waals surface area contributed by atoms with Crippen molar-refractivity contribution in [3.63, 3.8) is 0 Å². The average molecular weight is 422 g/mol. The number of rotatable bonds is 7. The van der Waals surface area contributed by atoms with Crippen molar-refractivity contribution < 1.29 is 18.0 Å². The van der Waals surface area contributed by atoms with Gasteiger partial charge in [0.15, 0.2) is 0 Å². The third kappa shape index (κ3) is 4.98. The molecule has 0 saturated carbocycles. The Hall–Kier alpha value is -2.23. The second kappa shape index (κ2) is 8.85. The van der Waals surface area contributed by atoms with E-state index in [1.54, 1.807) is 31.3 Å². The van der Waals surface area contributed by atoms with Gasteiger partial charge in [0.1, 0.15) is 4.21 Å². The summed E-state index contributed by atoms with van der Waals surface area (Å²) in [5.41, 5.74) is 0.670. The number of hydrogen-bond acceptors (Lipinski definition) is 5. The van der Waals surface area contributed by atoms with Crippen LogP contribution in [0.4, 0.5) is 5.69 Å². The van der Waals surface area contributed by atoms with Crippen molar-refractivity contribution in [3.05, 3.63) is 47.3 Å². The second-order valence-electron chi connectivity index (χ2n) is 6.67. The van der Waals surface area contributed by atoms with Crippen molar-refractivity contribution in [2.24, 2.45) is 0 Å². The molecule has 1 aliphatic rings. The second-order valence-corrected chi connectivity index (χ2v) is 10.0. The summed E-state index contributed by atoms with van der Waals surface area (Å²) >= 11 is 1.12. The van der Waals surface area contributed by atoms with Gasteiger partial charge in [0.2, 0.25) is 11.8 Å². The molecule has 0 unspecified atom stereocenters. The maximum Gasteiger partial charge on any atom is 0.252 e. The molecule has 1 fully saturated rings. The number of carbonyl (C=O) groups is 2. The predicted octanol–water partition coefficient (Wildman–Crippen LogP) is 2.17. The Labute approximate surface area is 169 Å². The molecule has 1 N–H and O–H groups in total. The zero-order valence-corrected chi connectivity index (χ0v) is 17.3. The Morgan fingerprint density at radius 2 is 1.79 bits per heavy atom. The van der Waals surface area contributed by atoms with E-state index in [1.807, 2.05) is 18.2 Å². The number of nitrogens with one attached hydrogen (secondary N) is 1. The molecule has 3 rings (SSSR count). The monoisotopic (exact) mass is 421 g/mol. The normalized spacial score (nSPS) is 14.8. The lowest BCUT2D eigenvalue weighted by Crippen LogP contribution is -2.35. The molecule has 1 saturated heterocycles. The molecule has 2 aromatic rings. The minimum Gasteiger partial charge on any atom is -0.336 e. The van der Waals surface area contributed by atoms with E-state index in [4.69, 9.17) is 0 Å². The maximum absolute atomic E-state index is 12.6. The van der Waals surface area contributed by atoms with Gasteiger partial charge in [-0.1, -0.05) is 18.2 Å². The molecule has 0 aliphatic carbocycles. The van der Waals surface area contributed by atoms with Gasteiger partial charge in [0, 0.05) is 30.7 Å². The van der Waals surface area contributed by atoms with Gasteiger partial charge < -0.3 is 10.2 Å². The zero-order valence-electron chi connectivity index (χ0n) is 15.6. The van der Waals surface area contributed by atoms with Gasteiger partial charge in [-0.2, -0.15) is 4.31 Å². The van der Waals surface area contributed by atoms with Gasteiger partial charge in [-0.25, -0.2) is 8.42 Å². The highest BCUT2D eigenvalue weighted by atomic mass is 32.2. The van der Waals surface area contributed by atoms with E-state index in [0.29, 0.717) is 23.7 Å². The fourth-order valence-corrected chi connectivity index (χ4v) is 5.98. The van der Waals surface area contributed by atoms with E-state index in [9.17, 15) is 18.0 Å². The van der Waals surface area contributed by atoms with Crippen LogP contribution in [0.15, 0.2) is 46.7 Å². The highest BCUT2D eigenvalue weighted by molar-refractivity contribution is 7.91. The molecule has 1 aromatic carbocycles. The van der Waals surface area contributed by atoms with Crippen LogP contribution >= 0.6 is 11.3 Å². The van der Waals surface area contributed by atoms with Crippen molar-refractivity contribution in [2.75, 3.05) is 32.0 Å². The van der Waals surface area contributed by atoms with Crippen LogP contribution in [0.25, 0.3) is 0 Å². The summed E-state index contributed by atoms with van der Waals surface area (Å²) in [5.74, 6) is -0.527. The smallest absolute Gasteiger partial charge is 0.252 e. The van der Waals surface area contributed by atoms with E-state index in [1.165, 1.54) is 9.21 Å². The molecule has 28 heavy (non-hydrogen) atoms. The molecule has 0 spiro atoms. The van der Waals surface area contributed by atoms with Gasteiger partial charge in [0.25, 0.3) is 10.0 Å². The molecule has 150 valence electrons. The molecular formula is C19H23N3O4S2. The molecule has 1 aliphatic heterocycles. The van der Waals surface area contributed by atoms with Crippen LogP contribution in [0.2, 0.25) is 0 Å². The zero-order chi connectivity index (χ0) is 20.1. The third-order valence-electron chi connectivity index (χ3n) is 4.49. The van der Waals surface area contributed by atoms with Crippen molar-refractivity contribution in [2.45, 2.75) is 23.5 Å². The first-order chi connectivity index (χ1) is 13.4. The Morgan fingerprint density at radius 3 is 2.46 bits per heavy atom. The lowest BCUT2D eigenvalue weighted by atomic mass is 10.3. The molecule has 1 aromatic heterocycles. The first kappa shape index (κ1) is 20.5. The van der Waals surface area contributed by atoms with Crippen molar-refractivity contribution >= 4 is 38.9 Å². The molecule has 0 bridgehead atoms. The predicted molar refractivity (Wildman–Crippen MR) is 109 cm³/mol. The van der Waals surface area contributed by atoms with Crippen LogP contribution in [0.3, 0.4) is 0 Å². The van der Waals surface area contributed by atoms with Gasteiger partial charge in [0.05, 0.1) is 13.0 Å². The van der Waals surface area contributed by atoms with E-state index in [0.717, 1.165) is 24.2 Å². The number of carbonyl (C=O) groups excluding carboxylic acids is 2. The molecule has 0 radical (unpaired) electrons. The number of thiophene rings is 1. The molecule has 0 atom stereocenters. The van der Waals surface area contributed by atoms with E-state index < -0.39 is 10.0 Å². The number of likely N-dealkylation sites (N-methyl/N-ethyl adjacent to an activating group) is 1. The fourth-order valence-electron chi connectivity index (χ4n) is 2.96. The van der Waals surface area contributed by atoms with Crippen molar-refractivity contribution in [1.29, 1.82) is 0 Å². The summed E-state index contributed by atoms with van der Waals surface area (Å²) in [7, 11) is -1.91. The molecule has 9 heteroatoms. The summed E-state index contributed by atoms with van der Waals surface area (Å²) < 4.78 is 26.9. The van der Waals surface area contributed by atoms with Crippen LogP contribution in [-0.4, -0.2) is 56.1 Å². The SMILES string of the molecule is CN(CC(=O)Nc1ccccc1)C(=O)Cc1ccc(S(=O)(=O)N2CCCC2)s1. The quantitative estimate of drug-likeness (QED) is 0.742. The summed E-state index contributed by atoms with van der Waals surface area (Å²) in [4.78, 5) is 26.5. The van der Waals surface area contributed by atoms with Crippen molar-refractivity contribution in [3.8, 4) is 0 Å². The largest absolute Gasteiger partial charge is 0.336 e. The molecule has 2 amide bonds. The van der Waals surface area contributed by atoms with Crippen LogP contribution in [-0.2, 0) is 26.0 Å². The molecular weight excluding hydrogens is 398 g/mol. The topological polar surface area (TPSA) is 86.8 Å². The van der Waals surface area contributed by atoms with Crippen molar-refractivity contribution in [1.82, 2.24) is 9.21 Å². The Balaban J connectivity index is 1.55. The van der Waals surface area contributed by atoms with E-state index in [-0.39, 0.29) is 29.0 Å². The van der Waals surface area contributed by atoms with Crippen LogP contribution in [0, 0.1) is 0 Å². The summed E-state index contributed by atoms with van der Waals surface area (Å²) in [6.45, 7) is 1.03.